The summed E-state index contributed by atoms with van der Waals surface area (Å²) in [6.45, 7) is 0. The molecule has 2 N–H and O–H groups in total. The maximum atomic E-state index is 14.2. The maximum absolute atomic E-state index is 14.2. The highest BCUT2D eigenvalue weighted by atomic mass is 32.2. The Bertz CT molecular complexity index is 792. The summed E-state index contributed by atoms with van der Waals surface area (Å²) in [5.41, 5.74) is -1.09. The molecule has 1 aliphatic rings. The lowest BCUT2D eigenvalue weighted by Crippen LogP contribution is -2.15. The first-order valence-corrected chi connectivity index (χ1v) is 6.64. The molecule has 7 heteroatoms. The topological polar surface area (TPSA) is 66.4 Å². The van der Waals surface area contributed by atoms with Gasteiger partial charge in [-0.1, -0.05) is 23.9 Å². The summed E-state index contributed by atoms with van der Waals surface area (Å²) < 4.78 is 27.9. The standard InChI is InChI=1S/C14H7F2NO3S/c15-7-5-9-12(11(16)10(7)14(19)20)17-13(18)6-3-1-2-4-8(6)21-9/h1-5H,(H,17,18)(H,19,20). The molecule has 0 saturated carbocycles. The molecule has 0 aliphatic carbocycles. The highest BCUT2D eigenvalue weighted by molar-refractivity contribution is 7.99. The highest BCUT2D eigenvalue weighted by Gasteiger charge is 2.28. The van der Waals surface area contributed by atoms with Crippen LogP contribution in [0.4, 0.5) is 14.5 Å². The van der Waals surface area contributed by atoms with E-state index < -0.39 is 29.1 Å². The van der Waals surface area contributed by atoms with E-state index in [1.54, 1.807) is 24.3 Å². The van der Waals surface area contributed by atoms with Crippen molar-refractivity contribution in [3.63, 3.8) is 0 Å². The average molecular weight is 307 g/mol. The van der Waals surface area contributed by atoms with Gasteiger partial charge in [-0.25, -0.2) is 13.6 Å². The van der Waals surface area contributed by atoms with Crippen LogP contribution in [0.5, 0.6) is 0 Å². The number of aromatic carboxylic acids is 1. The molecule has 1 heterocycles. The number of carbonyl (C=O) groups excluding carboxylic acids is 1. The summed E-state index contributed by atoms with van der Waals surface area (Å²) >= 11 is 1.000. The van der Waals surface area contributed by atoms with Crippen LogP contribution in [-0.2, 0) is 0 Å². The SMILES string of the molecule is O=C1Nc2c(cc(F)c(C(=O)O)c2F)Sc2ccccc21. The number of anilines is 1. The lowest BCUT2D eigenvalue weighted by molar-refractivity contribution is 0.0686. The fraction of sp³-hybridized carbons (Fsp3) is 0. The zero-order valence-electron chi connectivity index (χ0n) is 10.3. The van der Waals surface area contributed by atoms with Gasteiger partial charge in [-0.3, -0.25) is 4.79 Å². The van der Waals surface area contributed by atoms with Crippen LogP contribution < -0.4 is 5.32 Å². The molecule has 1 aliphatic heterocycles. The molecule has 0 bridgehead atoms. The molecule has 0 radical (unpaired) electrons. The van der Waals surface area contributed by atoms with E-state index in [2.05, 4.69) is 5.32 Å². The van der Waals surface area contributed by atoms with Gasteiger partial charge in [0.25, 0.3) is 5.91 Å². The molecule has 1 amide bonds. The van der Waals surface area contributed by atoms with Crippen LogP contribution in [0.15, 0.2) is 40.1 Å². The number of benzene rings is 2. The highest BCUT2D eigenvalue weighted by Crippen LogP contribution is 2.41. The Kier molecular flexibility index (Phi) is 3.13. The average Bonchev–Trinajstić information content (AvgIpc) is 2.56. The maximum Gasteiger partial charge on any atom is 0.341 e. The number of amides is 1. The van der Waals surface area contributed by atoms with E-state index in [0.717, 1.165) is 17.8 Å². The minimum atomic E-state index is -1.73. The van der Waals surface area contributed by atoms with Crippen molar-refractivity contribution in [2.45, 2.75) is 9.79 Å². The molecule has 0 unspecified atom stereocenters. The zero-order chi connectivity index (χ0) is 15.1. The molecular weight excluding hydrogens is 300 g/mol. The quantitative estimate of drug-likeness (QED) is 0.847. The van der Waals surface area contributed by atoms with Gasteiger partial charge in [0.15, 0.2) is 5.82 Å². The number of rotatable bonds is 1. The second kappa shape index (κ2) is 4.85. The van der Waals surface area contributed by atoms with Crippen LogP contribution in [0.25, 0.3) is 0 Å². The number of carboxylic acids is 1. The lowest BCUT2D eigenvalue weighted by atomic mass is 10.1. The van der Waals surface area contributed by atoms with E-state index in [1.165, 1.54) is 0 Å². The summed E-state index contributed by atoms with van der Waals surface area (Å²) in [5, 5.41) is 11.2. The molecular formula is C14H7F2NO3S. The molecule has 21 heavy (non-hydrogen) atoms. The second-order valence-electron chi connectivity index (χ2n) is 4.28. The monoisotopic (exact) mass is 307 g/mol. The summed E-state index contributed by atoms with van der Waals surface area (Å²) in [6, 6.07) is 7.46. The van der Waals surface area contributed by atoms with Crippen LogP contribution in [0.2, 0.25) is 0 Å². The van der Waals surface area contributed by atoms with Crippen LogP contribution in [0, 0.1) is 11.6 Å². The fourth-order valence-electron chi connectivity index (χ4n) is 2.03. The number of hydrogen-bond donors (Lipinski definition) is 2. The first kappa shape index (κ1) is 13.6. The van der Waals surface area contributed by atoms with Gasteiger partial charge in [0, 0.05) is 9.79 Å². The van der Waals surface area contributed by atoms with Crippen LogP contribution in [0.1, 0.15) is 20.7 Å². The molecule has 2 aromatic carbocycles. The first-order valence-electron chi connectivity index (χ1n) is 5.82. The van der Waals surface area contributed by atoms with Gasteiger partial charge in [-0.05, 0) is 18.2 Å². The van der Waals surface area contributed by atoms with Gasteiger partial charge >= 0.3 is 5.97 Å². The number of nitrogens with one attached hydrogen (secondary N) is 1. The van der Waals surface area contributed by atoms with Crippen LogP contribution in [0.3, 0.4) is 0 Å². The number of carboxylic acid groups (broad SMARTS) is 1. The summed E-state index contributed by atoms with van der Waals surface area (Å²) in [5.74, 6) is -4.77. The van der Waals surface area contributed by atoms with E-state index in [1.807, 2.05) is 0 Å². The van der Waals surface area contributed by atoms with Gasteiger partial charge in [-0.2, -0.15) is 0 Å². The van der Waals surface area contributed by atoms with Gasteiger partial charge in [0.1, 0.15) is 11.4 Å². The predicted octanol–water partition coefficient (Wildman–Crippen LogP) is 3.38. The van der Waals surface area contributed by atoms with E-state index in [0.29, 0.717) is 10.5 Å². The van der Waals surface area contributed by atoms with Gasteiger partial charge in [-0.15, -0.1) is 0 Å². The van der Waals surface area contributed by atoms with Crippen molar-refractivity contribution in [3.8, 4) is 0 Å². The van der Waals surface area contributed by atoms with E-state index in [9.17, 15) is 18.4 Å². The Labute approximate surface area is 121 Å². The molecule has 4 nitrogen and oxygen atoms in total. The predicted molar refractivity (Wildman–Crippen MR) is 71.8 cm³/mol. The molecule has 2 aromatic rings. The summed E-state index contributed by atoms with van der Waals surface area (Å²) in [4.78, 5) is 23.6. The Morgan fingerprint density at radius 1 is 1.19 bits per heavy atom. The zero-order valence-corrected chi connectivity index (χ0v) is 11.1. The van der Waals surface area contributed by atoms with Crippen LogP contribution >= 0.6 is 11.8 Å². The smallest absolute Gasteiger partial charge is 0.341 e. The molecule has 0 aromatic heterocycles. The third-order valence-corrected chi connectivity index (χ3v) is 4.10. The number of hydrogen-bond acceptors (Lipinski definition) is 3. The van der Waals surface area contributed by atoms with Gasteiger partial charge in [0.2, 0.25) is 0 Å². The van der Waals surface area contributed by atoms with Crippen LogP contribution in [-0.4, -0.2) is 17.0 Å². The van der Waals surface area contributed by atoms with Crippen molar-refractivity contribution < 1.29 is 23.5 Å². The Morgan fingerprint density at radius 2 is 1.90 bits per heavy atom. The molecule has 3 rings (SSSR count). The van der Waals surface area contributed by atoms with Crippen molar-refractivity contribution in [3.05, 3.63) is 53.1 Å². The van der Waals surface area contributed by atoms with E-state index in [4.69, 9.17) is 5.11 Å². The third kappa shape index (κ3) is 2.15. The van der Waals surface area contributed by atoms with Gasteiger partial charge < -0.3 is 10.4 Å². The van der Waals surface area contributed by atoms with Crippen molar-refractivity contribution in [2.75, 3.05) is 5.32 Å². The number of fused-ring (bicyclic) bond motifs is 2. The largest absolute Gasteiger partial charge is 0.477 e. The van der Waals surface area contributed by atoms with Crippen molar-refractivity contribution in [1.82, 2.24) is 0 Å². The molecule has 0 atom stereocenters. The molecule has 0 spiro atoms. The first-order chi connectivity index (χ1) is 9.99. The molecule has 106 valence electrons. The molecule has 0 saturated heterocycles. The van der Waals surface area contributed by atoms with Crippen molar-refractivity contribution in [2.24, 2.45) is 0 Å². The van der Waals surface area contributed by atoms with Gasteiger partial charge in [0.05, 0.1) is 11.3 Å². The van der Waals surface area contributed by atoms with Crippen molar-refractivity contribution in [1.29, 1.82) is 0 Å². The minimum absolute atomic E-state index is 0.119. The van der Waals surface area contributed by atoms with E-state index >= 15 is 0 Å². The van der Waals surface area contributed by atoms with E-state index in [-0.39, 0.29) is 10.6 Å². The Morgan fingerprint density at radius 3 is 2.62 bits per heavy atom. The number of carbonyl (C=O) groups is 2. The second-order valence-corrected chi connectivity index (χ2v) is 5.36. The molecule has 0 fully saturated rings. The lowest BCUT2D eigenvalue weighted by Gasteiger charge is -2.10. The summed E-state index contributed by atoms with van der Waals surface area (Å²) in [6.07, 6.45) is 0. The Hall–Kier alpha value is -2.41. The Balaban J connectivity index is 2.24. The minimum Gasteiger partial charge on any atom is -0.477 e. The normalized spacial score (nSPS) is 13.0. The number of halogens is 2. The summed E-state index contributed by atoms with van der Waals surface area (Å²) in [7, 11) is 0. The van der Waals surface area contributed by atoms with Crippen molar-refractivity contribution >= 4 is 29.3 Å². The fourth-order valence-corrected chi connectivity index (χ4v) is 3.09. The third-order valence-electron chi connectivity index (χ3n) is 2.99.